The summed E-state index contributed by atoms with van der Waals surface area (Å²) in [7, 11) is 0. The quantitative estimate of drug-likeness (QED) is 0.815. The number of ether oxygens (including phenoxy) is 1. The van der Waals surface area contributed by atoms with Crippen molar-refractivity contribution >= 4 is 0 Å². The third-order valence-corrected chi connectivity index (χ3v) is 4.57. The average molecular weight is 275 g/mol. The van der Waals surface area contributed by atoms with E-state index in [1.165, 1.54) is 42.4 Å². The van der Waals surface area contributed by atoms with Gasteiger partial charge in [-0.2, -0.15) is 0 Å². The highest BCUT2D eigenvalue weighted by atomic mass is 16.5. The Morgan fingerprint density at radius 3 is 2.50 bits per heavy atom. The third-order valence-electron chi connectivity index (χ3n) is 4.57. The number of nitrogens with one attached hydrogen (secondary N) is 1. The maximum atomic E-state index is 5.95. The lowest BCUT2D eigenvalue weighted by Gasteiger charge is -2.27. The van der Waals surface area contributed by atoms with Gasteiger partial charge in [0.1, 0.15) is 12.4 Å². The van der Waals surface area contributed by atoms with E-state index in [0.717, 1.165) is 24.8 Å². The van der Waals surface area contributed by atoms with Crippen molar-refractivity contribution in [3.63, 3.8) is 0 Å². The van der Waals surface area contributed by atoms with E-state index in [0.29, 0.717) is 6.04 Å². The summed E-state index contributed by atoms with van der Waals surface area (Å²) >= 11 is 0. The topological polar surface area (TPSA) is 21.3 Å². The highest BCUT2D eigenvalue weighted by Crippen LogP contribution is 2.24. The minimum Gasteiger partial charge on any atom is -0.492 e. The first-order valence-corrected chi connectivity index (χ1v) is 8.00. The van der Waals surface area contributed by atoms with Crippen LogP contribution in [0.15, 0.2) is 12.1 Å². The standard InChI is InChI=1S/C18H29NO/c1-13-5-7-17(8-6-13)19-9-10-20-18-12-14(2)11-15(3)16(18)4/h11-13,17,19H,5-10H2,1-4H3. The van der Waals surface area contributed by atoms with Crippen molar-refractivity contribution in [2.24, 2.45) is 5.92 Å². The van der Waals surface area contributed by atoms with Crippen LogP contribution in [0.3, 0.4) is 0 Å². The Hall–Kier alpha value is -1.02. The Balaban J connectivity index is 1.73. The van der Waals surface area contributed by atoms with Crippen LogP contribution in [0, 0.1) is 26.7 Å². The monoisotopic (exact) mass is 275 g/mol. The predicted octanol–water partition coefficient (Wildman–Crippen LogP) is 4.16. The Labute approximate surface area is 123 Å². The molecular formula is C18H29NO. The summed E-state index contributed by atoms with van der Waals surface area (Å²) < 4.78 is 5.95. The lowest BCUT2D eigenvalue weighted by atomic mass is 9.87. The van der Waals surface area contributed by atoms with Crippen LogP contribution in [0.5, 0.6) is 5.75 Å². The summed E-state index contributed by atoms with van der Waals surface area (Å²) in [5.74, 6) is 1.96. The zero-order chi connectivity index (χ0) is 14.5. The van der Waals surface area contributed by atoms with Crippen LogP contribution in [0.4, 0.5) is 0 Å². The van der Waals surface area contributed by atoms with E-state index in [4.69, 9.17) is 4.74 Å². The van der Waals surface area contributed by atoms with Crippen LogP contribution in [0.25, 0.3) is 0 Å². The molecule has 0 saturated heterocycles. The second kappa shape index (κ2) is 7.12. The summed E-state index contributed by atoms with van der Waals surface area (Å²) in [6, 6.07) is 5.06. The van der Waals surface area contributed by atoms with E-state index in [1.54, 1.807) is 0 Å². The molecule has 112 valence electrons. The number of benzene rings is 1. The summed E-state index contributed by atoms with van der Waals surface area (Å²) in [5.41, 5.74) is 3.86. The molecule has 0 amide bonds. The largest absolute Gasteiger partial charge is 0.492 e. The van der Waals surface area contributed by atoms with Crippen molar-refractivity contribution < 1.29 is 4.74 Å². The van der Waals surface area contributed by atoms with Gasteiger partial charge in [-0.3, -0.25) is 0 Å². The van der Waals surface area contributed by atoms with Crippen molar-refractivity contribution in [2.75, 3.05) is 13.2 Å². The highest BCUT2D eigenvalue weighted by molar-refractivity contribution is 5.41. The van der Waals surface area contributed by atoms with Crippen LogP contribution < -0.4 is 10.1 Å². The van der Waals surface area contributed by atoms with Gasteiger partial charge in [0.05, 0.1) is 0 Å². The third kappa shape index (κ3) is 4.24. The van der Waals surface area contributed by atoms with Gasteiger partial charge in [0.25, 0.3) is 0 Å². The molecule has 1 aromatic rings. The van der Waals surface area contributed by atoms with Gasteiger partial charge >= 0.3 is 0 Å². The molecular weight excluding hydrogens is 246 g/mol. The fourth-order valence-corrected chi connectivity index (χ4v) is 3.04. The van der Waals surface area contributed by atoms with Gasteiger partial charge in [-0.25, -0.2) is 0 Å². The van der Waals surface area contributed by atoms with Gasteiger partial charge < -0.3 is 10.1 Å². The van der Waals surface area contributed by atoms with Crippen molar-refractivity contribution in [1.82, 2.24) is 5.32 Å². The Bertz CT molecular complexity index is 433. The molecule has 2 heteroatoms. The second-order valence-electron chi connectivity index (χ2n) is 6.46. The molecule has 0 aromatic heterocycles. The lowest BCUT2D eigenvalue weighted by molar-refractivity contribution is 0.269. The van der Waals surface area contributed by atoms with Crippen molar-refractivity contribution in [3.05, 3.63) is 28.8 Å². The SMILES string of the molecule is Cc1cc(C)c(C)c(OCCNC2CCC(C)CC2)c1. The normalized spacial score (nSPS) is 22.8. The minimum atomic E-state index is 0.704. The van der Waals surface area contributed by atoms with Crippen molar-refractivity contribution in [2.45, 2.75) is 59.4 Å². The molecule has 0 aliphatic heterocycles. The summed E-state index contributed by atoms with van der Waals surface area (Å²) in [6.07, 6.45) is 5.39. The average Bonchev–Trinajstić information content (AvgIpc) is 2.42. The molecule has 0 radical (unpaired) electrons. The van der Waals surface area contributed by atoms with Gasteiger partial charge in [0.15, 0.2) is 0 Å². The summed E-state index contributed by atoms with van der Waals surface area (Å²) in [6.45, 7) is 10.5. The number of aryl methyl sites for hydroxylation is 2. The molecule has 0 spiro atoms. The van der Waals surface area contributed by atoms with Gasteiger partial charge in [-0.05, 0) is 75.1 Å². The van der Waals surface area contributed by atoms with Crippen LogP contribution in [-0.2, 0) is 0 Å². The van der Waals surface area contributed by atoms with Crippen LogP contribution >= 0.6 is 0 Å². The molecule has 1 fully saturated rings. The first kappa shape index (κ1) is 15.4. The molecule has 0 bridgehead atoms. The van der Waals surface area contributed by atoms with E-state index in [1.807, 2.05) is 0 Å². The number of rotatable bonds is 5. The van der Waals surface area contributed by atoms with Crippen LogP contribution in [0.2, 0.25) is 0 Å². The summed E-state index contributed by atoms with van der Waals surface area (Å²) in [4.78, 5) is 0. The molecule has 1 N–H and O–H groups in total. The van der Waals surface area contributed by atoms with Crippen molar-refractivity contribution in [3.8, 4) is 5.75 Å². The molecule has 2 nitrogen and oxygen atoms in total. The second-order valence-corrected chi connectivity index (χ2v) is 6.46. The molecule has 0 heterocycles. The maximum Gasteiger partial charge on any atom is 0.122 e. The van der Waals surface area contributed by atoms with Gasteiger partial charge in [0, 0.05) is 12.6 Å². The molecule has 1 aromatic carbocycles. The predicted molar refractivity (Wildman–Crippen MR) is 85.6 cm³/mol. The first-order chi connectivity index (χ1) is 9.56. The molecule has 0 atom stereocenters. The molecule has 2 rings (SSSR count). The van der Waals surface area contributed by atoms with Crippen LogP contribution in [0.1, 0.15) is 49.3 Å². The molecule has 0 unspecified atom stereocenters. The van der Waals surface area contributed by atoms with E-state index in [9.17, 15) is 0 Å². The Kier molecular flexibility index (Phi) is 5.47. The van der Waals surface area contributed by atoms with E-state index in [2.05, 4.69) is 45.1 Å². The van der Waals surface area contributed by atoms with Gasteiger partial charge in [-0.15, -0.1) is 0 Å². The number of hydrogen-bond acceptors (Lipinski definition) is 2. The van der Waals surface area contributed by atoms with Gasteiger partial charge in [-0.1, -0.05) is 13.0 Å². The lowest BCUT2D eigenvalue weighted by Crippen LogP contribution is -2.35. The molecule has 20 heavy (non-hydrogen) atoms. The fourth-order valence-electron chi connectivity index (χ4n) is 3.04. The zero-order valence-corrected chi connectivity index (χ0v) is 13.5. The molecule has 1 aliphatic rings. The fraction of sp³-hybridized carbons (Fsp3) is 0.667. The smallest absolute Gasteiger partial charge is 0.122 e. The Morgan fingerprint density at radius 1 is 1.10 bits per heavy atom. The minimum absolute atomic E-state index is 0.704. The van der Waals surface area contributed by atoms with Crippen molar-refractivity contribution in [1.29, 1.82) is 0 Å². The molecule has 1 saturated carbocycles. The molecule has 1 aliphatic carbocycles. The first-order valence-electron chi connectivity index (χ1n) is 8.00. The van der Waals surface area contributed by atoms with E-state index < -0.39 is 0 Å². The van der Waals surface area contributed by atoms with E-state index in [-0.39, 0.29) is 0 Å². The number of hydrogen-bond donors (Lipinski definition) is 1. The Morgan fingerprint density at radius 2 is 1.80 bits per heavy atom. The van der Waals surface area contributed by atoms with Gasteiger partial charge in [0.2, 0.25) is 0 Å². The zero-order valence-electron chi connectivity index (χ0n) is 13.5. The maximum absolute atomic E-state index is 5.95. The van der Waals surface area contributed by atoms with Crippen LogP contribution in [-0.4, -0.2) is 19.2 Å². The highest BCUT2D eigenvalue weighted by Gasteiger charge is 2.17. The summed E-state index contributed by atoms with van der Waals surface area (Å²) in [5, 5.41) is 3.64. The van der Waals surface area contributed by atoms with E-state index >= 15 is 0 Å².